The zero-order valence-corrected chi connectivity index (χ0v) is 14.5. The Labute approximate surface area is 149 Å². The molecule has 0 atom stereocenters. The van der Waals surface area contributed by atoms with E-state index in [-0.39, 0.29) is 12.5 Å². The summed E-state index contributed by atoms with van der Waals surface area (Å²) in [7, 11) is 0. The molecule has 0 bridgehead atoms. The van der Waals surface area contributed by atoms with Crippen molar-refractivity contribution in [1.29, 1.82) is 0 Å². The molecular weight excluding hydrogens is 333 g/mol. The molecule has 0 aliphatic carbocycles. The molecule has 0 saturated carbocycles. The van der Waals surface area contributed by atoms with Crippen molar-refractivity contribution in [3.63, 3.8) is 0 Å². The van der Waals surface area contributed by atoms with Gasteiger partial charge in [-0.2, -0.15) is 0 Å². The monoisotopic (exact) mass is 351 g/mol. The summed E-state index contributed by atoms with van der Waals surface area (Å²) in [6.07, 6.45) is 3.27. The molecule has 132 valence electrons. The van der Waals surface area contributed by atoms with E-state index in [0.717, 1.165) is 11.0 Å². The first-order chi connectivity index (χ1) is 12.5. The van der Waals surface area contributed by atoms with Crippen LogP contribution < -0.4 is 5.32 Å². The summed E-state index contributed by atoms with van der Waals surface area (Å²) in [6, 6.07) is 10.6. The summed E-state index contributed by atoms with van der Waals surface area (Å²) in [5.74, 6) is -0.649. The number of carbonyl (C=O) groups is 1. The van der Waals surface area contributed by atoms with Gasteiger partial charge in [0.15, 0.2) is 0 Å². The van der Waals surface area contributed by atoms with Gasteiger partial charge in [0.25, 0.3) is 0 Å². The molecule has 0 aliphatic heterocycles. The number of rotatable bonds is 4. The Hall–Kier alpha value is -3.22. The third-order valence-corrected chi connectivity index (χ3v) is 4.32. The maximum atomic E-state index is 14.0. The predicted octanol–water partition coefficient (Wildman–Crippen LogP) is 3.74. The SMILES string of the molecule is CC(C)n1cnc2cc(NC(=O)Cn3cnc4cccc(F)c43)ccc21. The van der Waals surface area contributed by atoms with E-state index in [1.165, 1.54) is 17.0 Å². The Balaban J connectivity index is 1.55. The van der Waals surface area contributed by atoms with Gasteiger partial charge in [0.1, 0.15) is 17.9 Å². The predicted molar refractivity (Wildman–Crippen MR) is 98.4 cm³/mol. The number of halogens is 1. The molecule has 7 heteroatoms. The average Bonchev–Trinajstić information content (AvgIpc) is 3.19. The second kappa shape index (κ2) is 6.25. The Bertz CT molecular complexity index is 1110. The zero-order chi connectivity index (χ0) is 18.3. The van der Waals surface area contributed by atoms with Gasteiger partial charge in [-0.25, -0.2) is 14.4 Å². The van der Waals surface area contributed by atoms with Gasteiger partial charge in [-0.3, -0.25) is 4.79 Å². The average molecular weight is 351 g/mol. The van der Waals surface area contributed by atoms with Crippen molar-refractivity contribution in [2.45, 2.75) is 26.4 Å². The van der Waals surface area contributed by atoms with Crippen LogP contribution in [0.4, 0.5) is 10.1 Å². The summed E-state index contributed by atoms with van der Waals surface area (Å²) in [4.78, 5) is 20.9. The molecule has 0 fully saturated rings. The van der Waals surface area contributed by atoms with Crippen LogP contribution >= 0.6 is 0 Å². The number of anilines is 1. The molecule has 0 aliphatic rings. The molecule has 2 heterocycles. The van der Waals surface area contributed by atoms with Crippen molar-refractivity contribution < 1.29 is 9.18 Å². The third kappa shape index (κ3) is 2.81. The second-order valence-electron chi connectivity index (χ2n) is 6.48. The van der Waals surface area contributed by atoms with Gasteiger partial charge >= 0.3 is 0 Å². The molecule has 4 aromatic rings. The number of amides is 1. The highest BCUT2D eigenvalue weighted by molar-refractivity contribution is 5.93. The number of benzene rings is 2. The van der Waals surface area contributed by atoms with E-state index in [2.05, 4.69) is 33.7 Å². The van der Waals surface area contributed by atoms with E-state index < -0.39 is 5.82 Å². The minimum atomic E-state index is -0.395. The number of nitrogens with one attached hydrogen (secondary N) is 1. The molecule has 2 aromatic heterocycles. The van der Waals surface area contributed by atoms with Gasteiger partial charge in [-0.1, -0.05) is 6.07 Å². The number of fused-ring (bicyclic) bond motifs is 2. The van der Waals surface area contributed by atoms with Crippen molar-refractivity contribution in [1.82, 2.24) is 19.1 Å². The molecular formula is C19H18FN5O. The van der Waals surface area contributed by atoms with Crippen LogP contribution in [-0.4, -0.2) is 25.0 Å². The Morgan fingerprint density at radius 2 is 1.96 bits per heavy atom. The van der Waals surface area contributed by atoms with Gasteiger partial charge in [-0.15, -0.1) is 0 Å². The standard InChI is InChI=1S/C19H18FN5O/c1-12(2)25-11-22-16-8-13(6-7-17(16)25)23-18(26)9-24-10-21-15-5-3-4-14(20)19(15)24/h3-8,10-12H,9H2,1-2H3,(H,23,26). The van der Waals surface area contributed by atoms with Crippen LogP contribution in [0, 0.1) is 5.82 Å². The molecule has 0 saturated heterocycles. The van der Waals surface area contributed by atoms with E-state index in [9.17, 15) is 9.18 Å². The number of nitrogens with zero attached hydrogens (tertiary/aromatic N) is 4. The van der Waals surface area contributed by atoms with E-state index in [1.54, 1.807) is 18.5 Å². The normalized spacial score (nSPS) is 11.5. The van der Waals surface area contributed by atoms with Crippen molar-refractivity contribution in [2.75, 3.05) is 5.32 Å². The number of para-hydroxylation sites is 1. The maximum Gasteiger partial charge on any atom is 0.244 e. The molecule has 26 heavy (non-hydrogen) atoms. The van der Waals surface area contributed by atoms with E-state index >= 15 is 0 Å². The molecule has 0 unspecified atom stereocenters. The number of carbonyl (C=O) groups excluding carboxylic acids is 1. The molecule has 1 N–H and O–H groups in total. The fraction of sp³-hybridized carbons (Fsp3) is 0.211. The van der Waals surface area contributed by atoms with Gasteiger partial charge in [0.2, 0.25) is 5.91 Å². The quantitative estimate of drug-likeness (QED) is 0.609. The summed E-state index contributed by atoms with van der Waals surface area (Å²) in [5.41, 5.74) is 3.34. The lowest BCUT2D eigenvalue weighted by atomic mass is 10.2. The van der Waals surface area contributed by atoms with Crippen LogP contribution in [0.3, 0.4) is 0 Å². The van der Waals surface area contributed by atoms with E-state index in [1.807, 2.05) is 18.2 Å². The van der Waals surface area contributed by atoms with Gasteiger partial charge in [0.05, 0.1) is 29.2 Å². The lowest BCUT2D eigenvalue weighted by Gasteiger charge is -2.09. The van der Waals surface area contributed by atoms with E-state index in [4.69, 9.17) is 0 Å². The number of hydrogen-bond acceptors (Lipinski definition) is 3. The van der Waals surface area contributed by atoms with Crippen LogP contribution in [0.25, 0.3) is 22.1 Å². The first-order valence-corrected chi connectivity index (χ1v) is 8.39. The van der Waals surface area contributed by atoms with Gasteiger partial charge in [-0.05, 0) is 44.2 Å². The van der Waals surface area contributed by atoms with E-state index in [0.29, 0.717) is 22.8 Å². The second-order valence-corrected chi connectivity index (χ2v) is 6.48. The summed E-state index contributed by atoms with van der Waals surface area (Å²) < 4.78 is 17.6. The highest BCUT2D eigenvalue weighted by Crippen LogP contribution is 2.21. The third-order valence-electron chi connectivity index (χ3n) is 4.32. The van der Waals surface area contributed by atoms with Crippen LogP contribution in [-0.2, 0) is 11.3 Å². The topological polar surface area (TPSA) is 64.7 Å². The molecule has 0 radical (unpaired) electrons. The van der Waals surface area contributed by atoms with Crippen molar-refractivity contribution in [3.05, 3.63) is 54.9 Å². The maximum absolute atomic E-state index is 14.0. The van der Waals surface area contributed by atoms with Crippen molar-refractivity contribution in [2.24, 2.45) is 0 Å². The van der Waals surface area contributed by atoms with Gasteiger partial charge in [0, 0.05) is 11.7 Å². The number of imidazole rings is 2. The summed E-state index contributed by atoms with van der Waals surface area (Å²) in [6.45, 7) is 4.16. The Morgan fingerprint density at radius 3 is 2.77 bits per heavy atom. The Kier molecular flexibility index (Phi) is 3.91. The van der Waals surface area contributed by atoms with Crippen LogP contribution in [0.15, 0.2) is 49.1 Å². The van der Waals surface area contributed by atoms with Crippen molar-refractivity contribution >= 4 is 33.7 Å². The highest BCUT2D eigenvalue weighted by Gasteiger charge is 2.12. The first-order valence-electron chi connectivity index (χ1n) is 8.39. The van der Waals surface area contributed by atoms with Crippen LogP contribution in [0.1, 0.15) is 19.9 Å². The van der Waals surface area contributed by atoms with Gasteiger partial charge < -0.3 is 14.5 Å². The molecule has 4 rings (SSSR count). The fourth-order valence-corrected chi connectivity index (χ4v) is 3.08. The van der Waals surface area contributed by atoms with Crippen LogP contribution in [0.5, 0.6) is 0 Å². The highest BCUT2D eigenvalue weighted by atomic mass is 19.1. The summed E-state index contributed by atoms with van der Waals surface area (Å²) in [5, 5.41) is 2.84. The molecule has 6 nitrogen and oxygen atoms in total. The summed E-state index contributed by atoms with van der Waals surface area (Å²) >= 11 is 0. The smallest absolute Gasteiger partial charge is 0.244 e. The molecule has 2 aromatic carbocycles. The van der Waals surface area contributed by atoms with Crippen molar-refractivity contribution in [3.8, 4) is 0 Å². The van der Waals surface area contributed by atoms with Crippen LogP contribution in [0.2, 0.25) is 0 Å². The first kappa shape index (κ1) is 16.3. The number of aromatic nitrogens is 4. The minimum Gasteiger partial charge on any atom is -0.328 e. The minimum absolute atomic E-state index is 0.0180. The largest absolute Gasteiger partial charge is 0.328 e. The zero-order valence-electron chi connectivity index (χ0n) is 14.5. The fourth-order valence-electron chi connectivity index (χ4n) is 3.08. The molecule has 1 amide bonds. The lowest BCUT2D eigenvalue weighted by Crippen LogP contribution is -2.18. The Morgan fingerprint density at radius 1 is 1.15 bits per heavy atom. The molecule has 0 spiro atoms. The number of hydrogen-bond donors (Lipinski definition) is 1. The lowest BCUT2D eigenvalue weighted by molar-refractivity contribution is -0.116.